The molecule has 0 aliphatic rings. The Bertz CT molecular complexity index is 1220. The maximum Gasteiger partial charge on any atom is 0.419 e. The molecule has 30 heavy (non-hydrogen) atoms. The fraction of sp³-hybridized carbons (Fsp3) is 0.333. The molecule has 0 aliphatic carbocycles. The number of aryl methyl sites for hydroxylation is 2. The van der Waals surface area contributed by atoms with E-state index in [2.05, 4.69) is 4.72 Å². The molecule has 0 spiro atoms. The molecule has 1 heterocycles. The molecule has 0 atom stereocenters. The summed E-state index contributed by atoms with van der Waals surface area (Å²) in [5.74, 6) is -0.981. The first-order chi connectivity index (χ1) is 14.3. The van der Waals surface area contributed by atoms with Crippen LogP contribution >= 0.6 is 0 Å². The molecule has 0 radical (unpaired) electrons. The van der Waals surface area contributed by atoms with Gasteiger partial charge in [-0.05, 0) is 56.2 Å². The van der Waals surface area contributed by atoms with Gasteiger partial charge in [-0.15, -0.1) is 0 Å². The van der Waals surface area contributed by atoms with Gasteiger partial charge < -0.3 is 9.15 Å². The average Bonchev–Trinajstić information content (AvgIpc) is 3.01. The van der Waals surface area contributed by atoms with Crippen molar-refractivity contribution in [1.29, 1.82) is 0 Å². The highest BCUT2D eigenvalue weighted by molar-refractivity contribution is 7.92. The quantitative estimate of drug-likeness (QED) is 0.430. The van der Waals surface area contributed by atoms with Crippen molar-refractivity contribution in [3.8, 4) is 0 Å². The van der Waals surface area contributed by atoms with Crippen molar-refractivity contribution in [1.82, 2.24) is 4.57 Å². The molecule has 160 valence electrons. The third-order valence-electron chi connectivity index (χ3n) is 4.67. The topological polar surface area (TPSA) is 108 Å². The Hall–Kier alpha value is -3.07. The summed E-state index contributed by atoms with van der Waals surface area (Å²) in [5.41, 5.74) is 1.87. The van der Waals surface area contributed by atoms with Crippen molar-refractivity contribution >= 4 is 32.8 Å². The van der Waals surface area contributed by atoms with Crippen LogP contribution in [0.3, 0.4) is 0 Å². The zero-order chi connectivity index (χ0) is 21.9. The third-order valence-corrected chi connectivity index (χ3v) is 6.20. The van der Waals surface area contributed by atoms with Crippen LogP contribution < -0.4 is 10.5 Å². The predicted octanol–water partition coefficient (Wildman–Crippen LogP) is 3.68. The number of hydrogen-bond donors (Lipinski definition) is 1. The second-order valence-electron chi connectivity index (χ2n) is 6.87. The number of rotatable bonds is 8. The van der Waals surface area contributed by atoms with Gasteiger partial charge in [-0.2, -0.15) is 0 Å². The summed E-state index contributed by atoms with van der Waals surface area (Å²) in [4.78, 5) is 23.9. The molecule has 0 bridgehead atoms. The molecule has 3 rings (SSSR count). The number of hydrogen-bond acceptors (Lipinski definition) is 6. The van der Waals surface area contributed by atoms with Gasteiger partial charge >= 0.3 is 11.7 Å². The molecule has 0 amide bonds. The fourth-order valence-corrected chi connectivity index (χ4v) is 4.36. The second-order valence-corrected chi connectivity index (χ2v) is 8.52. The van der Waals surface area contributed by atoms with Crippen molar-refractivity contribution in [2.45, 2.75) is 45.1 Å². The van der Waals surface area contributed by atoms with E-state index >= 15 is 0 Å². The van der Waals surface area contributed by atoms with Gasteiger partial charge in [-0.25, -0.2) is 18.0 Å². The van der Waals surface area contributed by atoms with Crippen molar-refractivity contribution < 1.29 is 22.4 Å². The molecule has 0 fully saturated rings. The molecule has 0 saturated heterocycles. The largest absolute Gasteiger partial charge is 0.462 e. The van der Waals surface area contributed by atoms with Crippen LogP contribution in [-0.4, -0.2) is 25.6 Å². The Kier molecular flexibility index (Phi) is 6.31. The summed E-state index contributed by atoms with van der Waals surface area (Å²) in [5, 5.41) is 0. The van der Waals surface area contributed by atoms with Crippen LogP contribution in [0.15, 0.2) is 50.5 Å². The molecule has 9 heteroatoms. The van der Waals surface area contributed by atoms with Crippen molar-refractivity contribution in [2.24, 2.45) is 0 Å². The maximum atomic E-state index is 12.9. The molecule has 3 aromatic rings. The minimum atomic E-state index is -3.93. The number of unbranched alkanes of at least 4 members (excludes halogenated alkanes) is 1. The van der Waals surface area contributed by atoms with E-state index in [4.69, 9.17) is 9.15 Å². The number of oxazole rings is 1. The Morgan fingerprint density at radius 1 is 1.17 bits per heavy atom. The van der Waals surface area contributed by atoms with Crippen LogP contribution in [0.4, 0.5) is 5.69 Å². The van der Waals surface area contributed by atoms with E-state index in [0.717, 1.165) is 12.8 Å². The first-order valence-corrected chi connectivity index (χ1v) is 11.2. The molecule has 0 aliphatic heterocycles. The number of benzene rings is 2. The Balaban J connectivity index is 1.83. The average molecular weight is 432 g/mol. The lowest BCUT2D eigenvalue weighted by Crippen LogP contribution is -2.15. The first-order valence-electron chi connectivity index (χ1n) is 9.70. The van der Waals surface area contributed by atoms with E-state index in [0.29, 0.717) is 35.5 Å². The summed E-state index contributed by atoms with van der Waals surface area (Å²) >= 11 is 0. The fourth-order valence-electron chi connectivity index (χ4n) is 3.06. The summed E-state index contributed by atoms with van der Waals surface area (Å²) < 4.78 is 40.0. The van der Waals surface area contributed by atoms with Gasteiger partial charge in [0.05, 0.1) is 22.6 Å². The maximum absolute atomic E-state index is 12.9. The SMILES string of the molecule is CCCCOC(=O)c1ccc(NS(=O)(=O)c2cc3oc(=O)n(CC)c3cc2C)cc1. The van der Waals surface area contributed by atoms with Crippen LogP contribution in [-0.2, 0) is 21.3 Å². The molecule has 1 aromatic heterocycles. The van der Waals surface area contributed by atoms with E-state index in [1.165, 1.54) is 34.9 Å². The monoisotopic (exact) mass is 432 g/mol. The molecular formula is C21H24N2O6S. The number of fused-ring (bicyclic) bond motifs is 1. The second kappa shape index (κ2) is 8.74. The first kappa shape index (κ1) is 21.6. The van der Waals surface area contributed by atoms with Crippen LogP contribution in [0.25, 0.3) is 11.1 Å². The summed E-state index contributed by atoms with van der Waals surface area (Å²) in [6, 6.07) is 8.96. The number of aromatic nitrogens is 1. The molecular weight excluding hydrogens is 408 g/mol. The number of esters is 1. The zero-order valence-corrected chi connectivity index (χ0v) is 17.9. The lowest BCUT2D eigenvalue weighted by molar-refractivity contribution is 0.0500. The normalized spacial score (nSPS) is 11.6. The number of anilines is 1. The van der Waals surface area contributed by atoms with E-state index in [1.807, 2.05) is 6.92 Å². The van der Waals surface area contributed by atoms with Crippen LogP contribution in [0.1, 0.15) is 42.6 Å². The summed E-state index contributed by atoms with van der Waals surface area (Å²) in [7, 11) is -3.93. The number of sulfonamides is 1. The highest BCUT2D eigenvalue weighted by Gasteiger charge is 2.21. The van der Waals surface area contributed by atoms with E-state index < -0.39 is 21.7 Å². The van der Waals surface area contributed by atoms with Crippen LogP contribution in [0, 0.1) is 6.92 Å². The standard InChI is InChI=1S/C21H24N2O6S/c1-4-6-11-28-20(24)15-7-9-16(10-8-15)22-30(26,27)19-13-18-17(12-14(19)3)23(5-2)21(25)29-18/h7-10,12-13,22H,4-6,11H2,1-3H3. The molecule has 2 aromatic carbocycles. The van der Waals surface area contributed by atoms with E-state index in [-0.39, 0.29) is 10.5 Å². The van der Waals surface area contributed by atoms with Crippen LogP contribution in [0.5, 0.6) is 0 Å². The van der Waals surface area contributed by atoms with E-state index in [1.54, 1.807) is 19.9 Å². The number of carbonyl (C=O) groups excluding carboxylic acids is 1. The highest BCUT2D eigenvalue weighted by atomic mass is 32.2. The molecule has 8 nitrogen and oxygen atoms in total. The zero-order valence-electron chi connectivity index (χ0n) is 17.1. The number of ether oxygens (including phenoxy) is 1. The van der Waals surface area contributed by atoms with Gasteiger partial charge in [-0.3, -0.25) is 9.29 Å². The van der Waals surface area contributed by atoms with Gasteiger partial charge in [0.25, 0.3) is 10.0 Å². The van der Waals surface area contributed by atoms with Crippen LogP contribution in [0.2, 0.25) is 0 Å². The lowest BCUT2D eigenvalue weighted by Gasteiger charge is -2.11. The minimum absolute atomic E-state index is 0.00931. The lowest BCUT2D eigenvalue weighted by atomic mass is 10.2. The van der Waals surface area contributed by atoms with Crippen molar-refractivity contribution in [3.63, 3.8) is 0 Å². The molecule has 1 N–H and O–H groups in total. The summed E-state index contributed by atoms with van der Waals surface area (Å²) in [6.45, 7) is 6.23. The van der Waals surface area contributed by atoms with Gasteiger partial charge in [0.2, 0.25) is 0 Å². The van der Waals surface area contributed by atoms with Gasteiger partial charge in [0.1, 0.15) is 0 Å². The molecule has 0 unspecified atom stereocenters. The van der Waals surface area contributed by atoms with Crippen molar-refractivity contribution in [3.05, 3.63) is 58.1 Å². The minimum Gasteiger partial charge on any atom is -0.462 e. The third kappa shape index (κ3) is 4.40. The van der Waals surface area contributed by atoms with Crippen molar-refractivity contribution in [2.75, 3.05) is 11.3 Å². The van der Waals surface area contributed by atoms with E-state index in [9.17, 15) is 18.0 Å². The Labute approximate surface area is 174 Å². The Morgan fingerprint density at radius 3 is 2.50 bits per heavy atom. The number of nitrogens with zero attached hydrogens (tertiary/aromatic N) is 1. The Morgan fingerprint density at radius 2 is 1.87 bits per heavy atom. The predicted molar refractivity (Wildman–Crippen MR) is 113 cm³/mol. The number of nitrogens with one attached hydrogen (secondary N) is 1. The molecule has 0 saturated carbocycles. The van der Waals surface area contributed by atoms with Gasteiger partial charge in [0, 0.05) is 18.3 Å². The highest BCUT2D eigenvalue weighted by Crippen LogP contribution is 2.25. The smallest absolute Gasteiger partial charge is 0.419 e. The van der Waals surface area contributed by atoms with Gasteiger partial charge in [0.15, 0.2) is 5.58 Å². The number of carbonyl (C=O) groups is 1. The summed E-state index contributed by atoms with van der Waals surface area (Å²) in [6.07, 6.45) is 1.71. The van der Waals surface area contributed by atoms with Gasteiger partial charge in [-0.1, -0.05) is 13.3 Å².